The minimum absolute atomic E-state index is 0.0304. The van der Waals surface area contributed by atoms with Gasteiger partial charge in [0.1, 0.15) is 11.5 Å². The van der Waals surface area contributed by atoms with Crippen molar-refractivity contribution in [1.82, 2.24) is 0 Å². The van der Waals surface area contributed by atoms with Crippen LogP contribution in [-0.4, -0.2) is 37.4 Å². The van der Waals surface area contributed by atoms with Crippen molar-refractivity contribution >= 4 is 23.1 Å². The van der Waals surface area contributed by atoms with Crippen molar-refractivity contribution in [2.75, 3.05) is 14.2 Å². The van der Waals surface area contributed by atoms with Crippen molar-refractivity contribution < 1.29 is 28.7 Å². The summed E-state index contributed by atoms with van der Waals surface area (Å²) in [5, 5.41) is 0. The second kappa shape index (κ2) is 7.41. The molecule has 2 aliphatic carbocycles. The molecule has 0 fully saturated rings. The second-order valence-electron chi connectivity index (χ2n) is 8.10. The molecule has 0 bridgehead atoms. The van der Waals surface area contributed by atoms with Gasteiger partial charge in [-0.1, -0.05) is 0 Å². The maximum atomic E-state index is 13.6. The van der Waals surface area contributed by atoms with E-state index in [1.54, 1.807) is 38.1 Å². The van der Waals surface area contributed by atoms with Gasteiger partial charge in [-0.15, -0.1) is 0 Å². The molecule has 0 aliphatic heterocycles. The molecule has 0 N–H and O–H groups in total. The number of carbonyl (C=O) groups is 4. The van der Waals surface area contributed by atoms with Gasteiger partial charge in [-0.25, -0.2) is 0 Å². The van der Waals surface area contributed by atoms with Crippen LogP contribution >= 0.6 is 0 Å². The van der Waals surface area contributed by atoms with E-state index in [-0.39, 0.29) is 44.5 Å². The average molecular weight is 430 g/mol. The molecular formula is C26H22O6. The Hall–Kier alpha value is -3.80. The number of hydrogen-bond donors (Lipinski definition) is 0. The summed E-state index contributed by atoms with van der Waals surface area (Å²) in [4.78, 5) is 53.8. The SMILES string of the molecule is COc1cc(C)cc2c1C(=O)C(C)=C(C1=C(C)C(=O)c3c(OC)cc(C)cc3C1=O)C2=O. The van der Waals surface area contributed by atoms with Gasteiger partial charge in [0, 0.05) is 33.4 Å². The Morgan fingerprint density at radius 1 is 0.531 bits per heavy atom. The van der Waals surface area contributed by atoms with Gasteiger partial charge < -0.3 is 9.47 Å². The number of allylic oxidation sites excluding steroid dienone is 4. The molecule has 0 amide bonds. The molecule has 0 heterocycles. The highest BCUT2D eigenvalue weighted by Crippen LogP contribution is 2.41. The molecule has 0 aromatic heterocycles. The molecule has 4 rings (SSSR count). The molecule has 6 heteroatoms. The Morgan fingerprint density at radius 2 is 0.875 bits per heavy atom. The summed E-state index contributed by atoms with van der Waals surface area (Å²) in [6.07, 6.45) is 0. The van der Waals surface area contributed by atoms with Gasteiger partial charge in [0.05, 0.1) is 25.3 Å². The van der Waals surface area contributed by atoms with Crippen LogP contribution in [0.5, 0.6) is 11.5 Å². The Balaban J connectivity index is 1.99. The van der Waals surface area contributed by atoms with Crippen molar-refractivity contribution in [2.45, 2.75) is 27.7 Å². The summed E-state index contributed by atoms with van der Waals surface area (Å²) in [6.45, 7) is 6.58. The molecule has 6 nitrogen and oxygen atoms in total. The Kier molecular flexibility index (Phi) is 4.96. The van der Waals surface area contributed by atoms with Gasteiger partial charge in [0.25, 0.3) is 0 Å². The molecule has 2 aromatic rings. The summed E-state index contributed by atoms with van der Waals surface area (Å²) in [6, 6.07) is 6.59. The van der Waals surface area contributed by atoms with Crippen molar-refractivity contribution in [3.8, 4) is 11.5 Å². The van der Waals surface area contributed by atoms with E-state index < -0.39 is 23.1 Å². The molecule has 32 heavy (non-hydrogen) atoms. The van der Waals surface area contributed by atoms with E-state index >= 15 is 0 Å². The summed E-state index contributed by atoms with van der Waals surface area (Å²) in [7, 11) is 2.87. The number of ketones is 4. The zero-order valence-corrected chi connectivity index (χ0v) is 18.8. The van der Waals surface area contributed by atoms with E-state index in [0.717, 1.165) is 11.1 Å². The number of rotatable bonds is 3. The third-order valence-corrected chi connectivity index (χ3v) is 6.01. The molecule has 162 valence electrons. The molecule has 0 radical (unpaired) electrons. The van der Waals surface area contributed by atoms with Gasteiger partial charge in [0.2, 0.25) is 0 Å². The Labute approximate surface area is 185 Å². The van der Waals surface area contributed by atoms with Crippen LogP contribution in [0.25, 0.3) is 0 Å². The third-order valence-electron chi connectivity index (χ3n) is 6.01. The first-order valence-electron chi connectivity index (χ1n) is 10.1. The lowest BCUT2D eigenvalue weighted by atomic mass is 9.74. The lowest BCUT2D eigenvalue weighted by Crippen LogP contribution is -2.29. The van der Waals surface area contributed by atoms with Crippen LogP contribution in [0.15, 0.2) is 46.6 Å². The van der Waals surface area contributed by atoms with Gasteiger partial charge in [-0.3, -0.25) is 19.2 Å². The minimum Gasteiger partial charge on any atom is -0.496 e. The Bertz CT molecular complexity index is 1230. The molecule has 2 aliphatic rings. The zero-order chi connectivity index (χ0) is 23.5. The number of benzene rings is 2. The number of aryl methyl sites for hydroxylation is 2. The van der Waals surface area contributed by atoms with Gasteiger partial charge in [0.15, 0.2) is 23.1 Å². The topological polar surface area (TPSA) is 86.7 Å². The van der Waals surface area contributed by atoms with Gasteiger partial charge in [-0.2, -0.15) is 0 Å². The van der Waals surface area contributed by atoms with E-state index in [2.05, 4.69) is 0 Å². The zero-order valence-electron chi connectivity index (χ0n) is 18.8. The highest BCUT2D eigenvalue weighted by Gasteiger charge is 2.41. The molecule has 2 aromatic carbocycles. The number of carbonyl (C=O) groups excluding carboxylic acids is 4. The average Bonchev–Trinajstić information content (AvgIpc) is 2.76. The summed E-state index contributed by atoms with van der Waals surface area (Å²) < 4.78 is 10.7. The first-order chi connectivity index (χ1) is 15.1. The standard InChI is InChI=1S/C26H22O6/c1-11-7-15-21(17(9-11)31-5)23(27)13(3)19(25(15)29)20-14(4)24(28)22-16(26(20)30)8-12(2)10-18(22)32-6/h7-10H,1-6H3. The predicted octanol–water partition coefficient (Wildman–Crippen LogP) is 4.41. The normalized spacial score (nSPS) is 15.8. The lowest BCUT2D eigenvalue weighted by Gasteiger charge is -2.26. The van der Waals surface area contributed by atoms with E-state index in [1.165, 1.54) is 28.1 Å². The van der Waals surface area contributed by atoms with Crippen LogP contribution in [0.4, 0.5) is 0 Å². The van der Waals surface area contributed by atoms with E-state index in [0.29, 0.717) is 11.5 Å². The minimum atomic E-state index is -0.474. The van der Waals surface area contributed by atoms with Crippen LogP contribution in [0.2, 0.25) is 0 Å². The first-order valence-corrected chi connectivity index (χ1v) is 10.1. The fourth-order valence-corrected chi connectivity index (χ4v) is 4.47. The van der Waals surface area contributed by atoms with Crippen molar-refractivity contribution in [1.29, 1.82) is 0 Å². The summed E-state index contributed by atoms with van der Waals surface area (Å²) in [5.74, 6) is -1.15. The van der Waals surface area contributed by atoms with Gasteiger partial charge >= 0.3 is 0 Å². The van der Waals surface area contributed by atoms with Crippen LogP contribution in [0, 0.1) is 13.8 Å². The number of ether oxygens (including phenoxy) is 2. The maximum Gasteiger partial charge on any atom is 0.195 e. The molecule has 0 saturated heterocycles. The third kappa shape index (κ3) is 2.87. The predicted molar refractivity (Wildman–Crippen MR) is 118 cm³/mol. The smallest absolute Gasteiger partial charge is 0.195 e. The fraction of sp³-hybridized carbons (Fsp3) is 0.231. The van der Waals surface area contributed by atoms with E-state index in [4.69, 9.17) is 9.47 Å². The van der Waals surface area contributed by atoms with E-state index in [9.17, 15) is 19.2 Å². The second-order valence-corrected chi connectivity index (χ2v) is 8.10. The molecular weight excluding hydrogens is 408 g/mol. The van der Waals surface area contributed by atoms with Crippen LogP contribution in [0.3, 0.4) is 0 Å². The quantitative estimate of drug-likeness (QED) is 0.717. The lowest BCUT2D eigenvalue weighted by molar-refractivity contribution is 0.0950. The largest absolute Gasteiger partial charge is 0.496 e. The first kappa shape index (κ1) is 21.4. The Morgan fingerprint density at radius 3 is 1.19 bits per heavy atom. The number of hydrogen-bond acceptors (Lipinski definition) is 6. The van der Waals surface area contributed by atoms with Crippen LogP contribution in [-0.2, 0) is 0 Å². The number of methoxy groups -OCH3 is 2. The highest BCUT2D eigenvalue weighted by atomic mass is 16.5. The highest BCUT2D eigenvalue weighted by molar-refractivity contribution is 6.37. The summed E-state index contributed by atoms with van der Waals surface area (Å²) >= 11 is 0. The maximum absolute atomic E-state index is 13.6. The monoisotopic (exact) mass is 430 g/mol. The molecule has 0 spiro atoms. The van der Waals surface area contributed by atoms with Crippen LogP contribution < -0.4 is 9.47 Å². The van der Waals surface area contributed by atoms with Gasteiger partial charge in [-0.05, 0) is 63.1 Å². The molecule has 0 unspecified atom stereocenters. The number of fused-ring (bicyclic) bond motifs is 2. The fourth-order valence-electron chi connectivity index (χ4n) is 4.47. The van der Waals surface area contributed by atoms with Crippen molar-refractivity contribution in [3.63, 3.8) is 0 Å². The summed E-state index contributed by atoms with van der Waals surface area (Å²) in [5.41, 5.74) is 2.33. The van der Waals surface area contributed by atoms with Crippen molar-refractivity contribution in [2.24, 2.45) is 0 Å². The molecule has 0 atom stereocenters. The van der Waals surface area contributed by atoms with Crippen LogP contribution in [0.1, 0.15) is 66.4 Å². The molecule has 0 saturated carbocycles. The van der Waals surface area contributed by atoms with E-state index in [1.807, 2.05) is 0 Å². The number of Topliss-reactive ketones (excluding diaryl/α,β-unsaturated/α-hetero) is 4. The van der Waals surface area contributed by atoms with Crippen molar-refractivity contribution in [3.05, 3.63) is 79.9 Å².